The molecule has 0 spiro atoms. The van der Waals surface area contributed by atoms with E-state index in [4.69, 9.17) is 0 Å². The first-order valence-electron chi connectivity index (χ1n) is 2.82. The van der Waals surface area contributed by atoms with Crippen LogP contribution >= 0.6 is 0 Å². The zero-order valence-electron chi connectivity index (χ0n) is 5.31. The Labute approximate surface area is 53.7 Å². The van der Waals surface area contributed by atoms with Gasteiger partial charge in [-0.05, 0) is 0 Å². The average molecular weight is 127 g/mol. The molecular formula is C6H9NO2. The zero-order chi connectivity index (χ0) is 6.69. The molecule has 3 heteroatoms. The number of carbonyl (C=O) groups is 1. The van der Waals surface area contributed by atoms with Gasteiger partial charge in [0.25, 0.3) is 0 Å². The van der Waals surface area contributed by atoms with Crippen LogP contribution in [-0.4, -0.2) is 26.2 Å². The molecule has 9 heavy (non-hydrogen) atoms. The van der Waals surface area contributed by atoms with E-state index in [0.717, 1.165) is 12.1 Å². The summed E-state index contributed by atoms with van der Waals surface area (Å²) in [6.45, 7) is 1.43. The van der Waals surface area contributed by atoms with Crippen molar-refractivity contribution >= 4 is 5.97 Å². The lowest BCUT2D eigenvalue weighted by atomic mass is 10.3. The van der Waals surface area contributed by atoms with Crippen molar-refractivity contribution in [2.24, 2.45) is 0 Å². The predicted molar refractivity (Wildman–Crippen MR) is 33.0 cm³/mol. The van der Waals surface area contributed by atoms with Crippen molar-refractivity contribution in [3.63, 3.8) is 0 Å². The maximum absolute atomic E-state index is 10.7. The minimum absolute atomic E-state index is 0.222. The molecule has 0 unspecified atom stereocenters. The molecule has 0 saturated carbocycles. The number of rotatable bonds is 1. The van der Waals surface area contributed by atoms with Gasteiger partial charge in [-0.25, -0.2) is 4.79 Å². The molecule has 0 aromatic carbocycles. The van der Waals surface area contributed by atoms with Crippen molar-refractivity contribution < 1.29 is 9.53 Å². The normalized spacial score (nSPS) is 17.2. The zero-order valence-corrected chi connectivity index (χ0v) is 5.31. The van der Waals surface area contributed by atoms with Crippen LogP contribution in [0, 0.1) is 0 Å². The van der Waals surface area contributed by atoms with Crippen LogP contribution in [-0.2, 0) is 9.53 Å². The molecule has 1 aliphatic rings. The smallest absolute Gasteiger partial charge is 0.334 e. The van der Waals surface area contributed by atoms with Crippen molar-refractivity contribution in [1.29, 1.82) is 0 Å². The van der Waals surface area contributed by atoms with Crippen LogP contribution in [0.4, 0.5) is 0 Å². The summed E-state index contributed by atoms with van der Waals surface area (Å²) in [5.74, 6) is -0.222. The van der Waals surface area contributed by atoms with Crippen molar-refractivity contribution in [1.82, 2.24) is 5.32 Å². The Bertz CT molecular complexity index is 151. The highest BCUT2D eigenvalue weighted by atomic mass is 16.5. The average Bonchev–Trinajstić information content (AvgIpc) is 2.37. The molecule has 0 aromatic heterocycles. The summed E-state index contributed by atoms with van der Waals surface area (Å²) in [5, 5.41) is 2.99. The lowest BCUT2D eigenvalue weighted by molar-refractivity contribution is -0.136. The Balaban J connectivity index is 2.51. The molecule has 0 amide bonds. The number of nitrogens with one attached hydrogen (secondary N) is 1. The van der Waals surface area contributed by atoms with Crippen LogP contribution in [0.15, 0.2) is 11.6 Å². The Morgan fingerprint density at radius 1 is 1.89 bits per heavy atom. The molecule has 0 bridgehead atoms. The first kappa shape index (κ1) is 6.29. The molecule has 0 aromatic rings. The molecule has 0 atom stereocenters. The maximum atomic E-state index is 10.7. The van der Waals surface area contributed by atoms with Gasteiger partial charge in [-0.3, -0.25) is 0 Å². The second kappa shape index (κ2) is 2.64. The van der Waals surface area contributed by atoms with Gasteiger partial charge in [-0.15, -0.1) is 0 Å². The van der Waals surface area contributed by atoms with Gasteiger partial charge in [0.05, 0.1) is 7.11 Å². The van der Waals surface area contributed by atoms with Gasteiger partial charge in [0.15, 0.2) is 0 Å². The highest BCUT2D eigenvalue weighted by Crippen LogP contribution is 1.99. The second-order valence-corrected chi connectivity index (χ2v) is 1.85. The number of hydrogen-bond donors (Lipinski definition) is 1. The van der Waals surface area contributed by atoms with Gasteiger partial charge < -0.3 is 10.1 Å². The number of hydrogen-bond acceptors (Lipinski definition) is 3. The molecule has 50 valence electrons. The van der Waals surface area contributed by atoms with Crippen LogP contribution < -0.4 is 5.32 Å². The first-order chi connectivity index (χ1) is 4.34. The summed E-state index contributed by atoms with van der Waals surface area (Å²) < 4.78 is 4.49. The summed E-state index contributed by atoms with van der Waals surface area (Å²) in [6, 6.07) is 0. The lowest BCUT2D eigenvalue weighted by Gasteiger charge is -1.95. The molecule has 0 fully saturated rings. The summed E-state index contributed by atoms with van der Waals surface area (Å²) in [7, 11) is 1.39. The predicted octanol–water partition coefficient (Wildman–Crippen LogP) is -0.311. The lowest BCUT2D eigenvalue weighted by Crippen LogP contribution is -2.13. The third-order valence-electron chi connectivity index (χ3n) is 1.26. The van der Waals surface area contributed by atoms with Crippen molar-refractivity contribution in [3.05, 3.63) is 11.6 Å². The van der Waals surface area contributed by atoms with Gasteiger partial charge in [0.2, 0.25) is 0 Å². The van der Waals surface area contributed by atoms with E-state index in [9.17, 15) is 4.79 Å². The van der Waals surface area contributed by atoms with E-state index >= 15 is 0 Å². The molecule has 0 radical (unpaired) electrons. The monoisotopic (exact) mass is 127 g/mol. The van der Waals surface area contributed by atoms with Crippen molar-refractivity contribution in [2.45, 2.75) is 0 Å². The molecule has 0 aliphatic carbocycles. The summed E-state index contributed by atoms with van der Waals surface area (Å²) in [6.07, 6.45) is 1.84. The van der Waals surface area contributed by atoms with E-state index in [2.05, 4.69) is 10.1 Å². The Morgan fingerprint density at radius 3 is 3.11 bits per heavy atom. The topological polar surface area (TPSA) is 38.3 Å². The SMILES string of the molecule is COC(=O)C1=CCNC1. The van der Waals surface area contributed by atoms with Crippen LogP contribution in [0.25, 0.3) is 0 Å². The molecule has 1 aliphatic heterocycles. The van der Waals surface area contributed by atoms with E-state index < -0.39 is 0 Å². The Hall–Kier alpha value is -0.830. The van der Waals surface area contributed by atoms with Crippen LogP contribution in [0.5, 0.6) is 0 Å². The quantitative estimate of drug-likeness (QED) is 0.491. The Morgan fingerprint density at radius 2 is 2.67 bits per heavy atom. The number of carbonyl (C=O) groups excluding carboxylic acids is 1. The van der Waals surface area contributed by atoms with E-state index in [-0.39, 0.29) is 5.97 Å². The number of ether oxygens (including phenoxy) is 1. The highest BCUT2D eigenvalue weighted by Gasteiger charge is 2.11. The molecular weight excluding hydrogens is 118 g/mol. The highest BCUT2D eigenvalue weighted by molar-refractivity contribution is 5.89. The fourth-order valence-electron chi connectivity index (χ4n) is 0.761. The van der Waals surface area contributed by atoms with Gasteiger partial charge in [0.1, 0.15) is 0 Å². The van der Waals surface area contributed by atoms with Gasteiger partial charge in [0, 0.05) is 18.7 Å². The molecule has 1 N–H and O–H groups in total. The fraction of sp³-hybridized carbons (Fsp3) is 0.500. The van der Waals surface area contributed by atoms with E-state index in [1.807, 2.05) is 6.08 Å². The summed E-state index contributed by atoms with van der Waals surface area (Å²) in [4.78, 5) is 10.7. The molecule has 3 nitrogen and oxygen atoms in total. The van der Waals surface area contributed by atoms with E-state index in [1.165, 1.54) is 7.11 Å². The molecule has 1 rings (SSSR count). The summed E-state index contributed by atoms with van der Waals surface area (Å²) in [5.41, 5.74) is 0.734. The van der Waals surface area contributed by atoms with Gasteiger partial charge in [-0.2, -0.15) is 0 Å². The van der Waals surface area contributed by atoms with E-state index in [1.54, 1.807) is 0 Å². The fourth-order valence-corrected chi connectivity index (χ4v) is 0.761. The van der Waals surface area contributed by atoms with Crippen molar-refractivity contribution in [3.8, 4) is 0 Å². The molecule has 0 saturated heterocycles. The number of esters is 1. The van der Waals surface area contributed by atoms with Crippen LogP contribution in [0.3, 0.4) is 0 Å². The van der Waals surface area contributed by atoms with E-state index in [0.29, 0.717) is 6.54 Å². The maximum Gasteiger partial charge on any atom is 0.334 e. The minimum atomic E-state index is -0.222. The molecule has 1 heterocycles. The number of methoxy groups -OCH3 is 1. The standard InChI is InChI=1S/C6H9NO2/c1-9-6(8)5-2-3-7-4-5/h2,7H,3-4H2,1H3. The summed E-state index contributed by atoms with van der Waals surface area (Å²) >= 11 is 0. The first-order valence-corrected chi connectivity index (χ1v) is 2.82. The third-order valence-corrected chi connectivity index (χ3v) is 1.26. The Kier molecular flexibility index (Phi) is 1.85. The van der Waals surface area contributed by atoms with Crippen LogP contribution in [0.2, 0.25) is 0 Å². The van der Waals surface area contributed by atoms with Crippen molar-refractivity contribution in [2.75, 3.05) is 20.2 Å². The minimum Gasteiger partial charge on any atom is -0.466 e. The van der Waals surface area contributed by atoms with Gasteiger partial charge >= 0.3 is 5.97 Å². The van der Waals surface area contributed by atoms with Gasteiger partial charge in [-0.1, -0.05) is 6.08 Å². The van der Waals surface area contributed by atoms with Crippen LogP contribution in [0.1, 0.15) is 0 Å². The third kappa shape index (κ3) is 1.29. The second-order valence-electron chi connectivity index (χ2n) is 1.85. The largest absolute Gasteiger partial charge is 0.466 e.